The van der Waals surface area contributed by atoms with Gasteiger partial charge in [-0.2, -0.15) is 0 Å². The molecule has 0 atom stereocenters. The van der Waals surface area contributed by atoms with Gasteiger partial charge in [0.15, 0.2) is 0 Å². The van der Waals surface area contributed by atoms with Gasteiger partial charge in [0.25, 0.3) is 5.69 Å². The smallest absolute Gasteiger partial charge is 0.271 e. The van der Waals surface area contributed by atoms with Gasteiger partial charge in [-0.1, -0.05) is 6.07 Å². The highest BCUT2D eigenvalue weighted by Gasteiger charge is 2.12. The van der Waals surface area contributed by atoms with Crippen LogP contribution >= 0.6 is 27.3 Å². The zero-order chi connectivity index (χ0) is 17.7. The minimum atomic E-state index is -0.470. The zero-order valence-corrected chi connectivity index (χ0v) is 15.8. The number of amides is 1. The van der Waals surface area contributed by atoms with Crippen molar-refractivity contribution in [2.75, 3.05) is 18.9 Å². The molecule has 1 amide bonds. The molecule has 0 aliphatic heterocycles. The van der Waals surface area contributed by atoms with E-state index in [0.29, 0.717) is 18.7 Å². The van der Waals surface area contributed by atoms with E-state index in [1.807, 2.05) is 12.4 Å². The van der Waals surface area contributed by atoms with Crippen LogP contribution in [0.2, 0.25) is 0 Å². The van der Waals surface area contributed by atoms with Crippen molar-refractivity contribution >= 4 is 44.5 Å². The third kappa shape index (κ3) is 5.40. The maximum absolute atomic E-state index is 12.1. The molecule has 2 rings (SSSR count). The van der Waals surface area contributed by atoms with Crippen LogP contribution in [0.25, 0.3) is 0 Å². The lowest BCUT2D eigenvalue weighted by Crippen LogP contribution is -2.23. The van der Waals surface area contributed by atoms with Crippen LogP contribution < -0.4 is 5.32 Å². The van der Waals surface area contributed by atoms with E-state index in [9.17, 15) is 14.9 Å². The number of rotatable bonds is 7. The van der Waals surface area contributed by atoms with Gasteiger partial charge in [0, 0.05) is 46.4 Å². The Morgan fingerprint density at radius 3 is 2.79 bits per heavy atom. The van der Waals surface area contributed by atoms with Crippen molar-refractivity contribution in [1.82, 2.24) is 4.90 Å². The van der Waals surface area contributed by atoms with Gasteiger partial charge in [-0.05, 0) is 41.5 Å². The van der Waals surface area contributed by atoms with Crippen LogP contribution in [0.4, 0.5) is 11.4 Å². The minimum Gasteiger partial charge on any atom is -0.326 e. The number of hydrogen-bond acceptors (Lipinski definition) is 5. The Labute approximate surface area is 152 Å². The Balaban J connectivity index is 1.87. The fraction of sp³-hybridized carbons (Fsp3) is 0.312. The van der Waals surface area contributed by atoms with Gasteiger partial charge in [-0.15, -0.1) is 11.3 Å². The highest BCUT2D eigenvalue weighted by molar-refractivity contribution is 9.10. The third-order valence-corrected chi connectivity index (χ3v) is 5.16. The fourth-order valence-corrected chi connectivity index (χ4v) is 3.68. The summed E-state index contributed by atoms with van der Waals surface area (Å²) in [7, 11) is 1.96. The first kappa shape index (κ1) is 18.6. The topological polar surface area (TPSA) is 75.5 Å². The van der Waals surface area contributed by atoms with Gasteiger partial charge in [0.2, 0.25) is 5.91 Å². The van der Waals surface area contributed by atoms with Crippen molar-refractivity contribution in [2.24, 2.45) is 0 Å². The number of nitrogens with zero attached hydrogens (tertiary/aromatic N) is 2. The normalized spacial score (nSPS) is 10.8. The molecule has 1 N–H and O–H groups in total. The molecule has 1 heterocycles. The molecule has 0 aliphatic carbocycles. The maximum Gasteiger partial charge on any atom is 0.271 e. The van der Waals surface area contributed by atoms with Gasteiger partial charge < -0.3 is 10.2 Å². The predicted molar refractivity (Wildman–Crippen MR) is 99.4 cm³/mol. The molecule has 0 aliphatic rings. The number of carbonyl (C=O) groups is 1. The number of nitro benzene ring substituents is 1. The number of hydrogen-bond donors (Lipinski definition) is 1. The van der Waals surface area contributed by atoms with E-state index in [1.165, 1.54) is 17.0 Å². The van der Waals surface area contributed by atoms with Crippen LogP contribution in [0.1, 0.15) is 16.9 Å². The van der Waals surface area contributed by atoms with Crippen molar-refractivity contribution in [2.45, 2.75) is 19.9 Å². The van der Waals surface area contributed by atoms with E-state index in [4.69, 9.17) is 0 Å². The summed E-state index contributed by atoms with van der Waals surface area (Å²) in [6.07, 6.45) is 0.325. The second-order valence-corrected chi connectivity index (χ2v) is 7.43. The quantitative estimate of drug-likeness (QED) is 0.547. The molecule has 128 valence electrons. The Morgan fingerprint density at radius 1 is 1.42 bits per heavy atom. The second kappa shape index (κ2) is 8.36. The van der Waals surface area contributed by atoms with Crippen LogP contribution in [0.3, 0.4) is 0 Å². The number of nitro groups is 1. The van der Waals surface area contributed by atoms with E-state index in [2.05, 4.69) is 32.2 Å². The van der Waals surface area contributed by atoms with Gasteiger partial charge in [-0.3, -0.25) is 14.9 Å². The highest BCUT2D eigenvalue weighted by atomic mass is 79.9. The average Bonchev–Trinajstić information content (AvgIpc) is 2.92. The molecule has 24 heavy (non-hydrogen) atoms. The molecule has 0 saturated heterocycles. The van der Waals surface area contributed by atoms with E-state index >= 15 is 0 Å². The lowest BCUT2D eigenvalue weighted by atomic mass is 10.1. The average molecular weight is 412 g/mol. The Bertz CT molecular complexity index is 748. The standard InChI is InChI=1S/C16H18BrN3O3S/c1-11-3-4-13(20(22)23)8-15(11)18-16(21)5-6-19(2)9-14-7-12(17)10-24-14/h3-4,7-8,10H,5-6,9H2,1-2H3,(H,18,21). The molecule has 6 nitrogen and oxygen atoms in total. The summed E-state index contributed by atoms with van der Waals surface area (Å²) >= 11 is 5.09. The highest BCUT2D eigenvalue weighted by Crippen LogP contribution is 2.22. The van der Waals surface area contributed by atoms with Crippen molar-refractivity contribution in [1.29, 1.82) is 0 Å². The van der Waals surface area contributed by atoms with E-state index in [1.54, 1.807) is 24.3 Å². The first-order chi connectivity index (χ1) is 11.3. The van der Waals surface area contributed by atoms with E-state index in [0.717, 1.165) is 16.6 Å². The van der Waals surface area contributed by atoms with E-state index in [-0.39, 0.29) is 11.6 Å². The maximum atomic E-state index is 12.1. The molecule has 1 aromatic carbocycles. The number of nitrogens with one attached hydrogen (secondary N) is 1. The van der Waals surface area contributed by atoms with Crippen LogP contribution in [0.5, 0.6) is 0 Å². The summed E-state index contributed by atoms with van der Waals surface area (Å²) in [5, 5.41) is 15.6. The summed E-state index contributed by atoms with van der Waals surface area (Å²) in [5.41, 5.74) is 1.25. The largest absolute Gasteiger partial charge is 0.326 e. The second-order valence-electron chi connectivity index (χ2n) is 5.52. The molecular formula is C16H18BrN3O3S. The molecule has 0 saturated carbocycles. The zero-order valence-electron chi connectivity index (χ0n) is 13.4. The van der Waals surface area contributed by atoms with Crippen LogP contribution in [-0.4, -0.2) is 29.3 Å². The summed E-state index contributed by atoms with van der Waals surface area (Å²) in [6, 6.07) is 6.51. The molecule has 1 aromatic heterocycles. The molecule has 0 unspecified atom stereocenters. The third-order valence-electron chi connectivity index (χ3n) is 3.47. The van der Waals surface area contributed by atoms with Crippen molar-refractivity contribution in [3.8, 4) is 0 Å². The predicted octanol–water partition coefficient (Wildman–Crippen LogP) is 4.19. The molecule has 0 spiro atoms. The number of aryl methyl sites for hydroxylation is 1. The fourth-order valence-electron chi connectivity index (χ4n) is 2.15. The monoisotopic (exact) mass is 411 g/mol. The van der Waals surface area contributed by atoms with Gasteiger partial charge in [0.1, 0.15) is 0 Å². The summed E-state index contributed by atoms with van der Waals surface area (Å²) in [6.45, 7) is 3.19. The van der Waals surface area contributed by atoms with Crippen molar-refractivity contribution in [3.05, 3.63) is 54.7 Å². The van der Waals surface area contributed by atoms with Gasteiger partial charge in [-0.25, -0.2) is 0 Å². The summed E-state index contributed by atoms with van der Waals surface area (Å²) in [5.74, 6) is -0.155. The van der Waals surface area contributed by atoms with Gasteiger partial charge in [0.05, 0.1) is 10.6 Å². The molecular weight excluding hydrogens is 394 g/mol. The molecule has 0 radical (unpaired) electrons. The van der Waals surface area contributed by atoms with E-state index < -0.39 is 4.92 Å². The number of anilines is 1. The number of carbonyl (C=O) groups excluding carboxylic acids is 1. The molecule has 2 aromatic rings. The van der Waals surface area contributed by atoms with Crippen LogP contribution in [0, 0.1) is 17.0 Å². The lowest BCUT2D eigenvalue weighted by Gasteiger charge is -2.15. The summed E-state index contributed by atoms with van der Waals surface area (Å²) < 4.78 is 1.06. The van der Waals surface area contributed by atoms with Gasteiger partial charge >= 0.3 is 0 Å². The van der Waals surface area contributed by atoms with Crippen molar-refractivity contribution < 1.29 is 9.72 Å². The Kier molecular flexibility index (Phi) is 6.47. The SMILES string of the molecule is Cc1ccc([N+](=O)[O-])cc1NC(=O)CCN(C)Cc1cc(Br)cs1. The first-order valence-corrected chi connectivity index (χ1v) is 8.99. The number of non-ortho nitro benzene ring substituents is 1. The number of benzene rings is 1. The number of halogens is 1. The Hall–Kier alpha value is -1.77. The van der Waals surface area contributed by atoms with Crippen LogP contribution in [-0.2, 0) is 11.3 Å². The number of thiophene rings is 1. The first-order valence-electron chi connectivity index (χ1n) is 7.31. The molecule has 0 fully saturated rings. The molecule has 8 heteroatoms. The lowest BCUT2D eigenvalue weighted by molar-refractivity contribution is -0.384. The van der Waals surface area contributed by atoms with Crippen LogP contribution in [0.15, 0.2) is 34.1 Å². The minimum absolute atomic E-state index is 0.0312. The summed E-state index contributed by atoms with van der Waals surface area (Å²) in [4.78, 5) is 25.7. The van der Waals surface area contributed by atoms with Crippen molar-refractivity contribution in [3.63, 3.8) is 0 Å². The Morgan fingerprint density at radius 2 is 2.17 bits per heavy atom. The molecule has 0 bridgehead atoms.